The topological polar surface area (TPSA) is 50.1 Å². The minimum atomic E-state index is -4.57. The Morgan fingerprint density at radius 2 is 2.15 bits per heavy atom. The van der Waals surface area contributed by atoms with Crippen molar-refractivity contribution in [2.45, 2.75) is 23.7 Å². The van der Waals surface area contributed by atoms with Gasteiger partial charge in [0.2, 0.25) is 0 Å². The molecule has 0 aliphatic rings. The van der Waals surface area contributed by atoms with Gasteiger partial charge in [0.25, 0.3) is 0 Å². The second kappa shape index (κ2) is 6.86. The van der Waals surface area contributed by atoms with Crippen LogP contribution in [-0.4, -0.2) is 18.1 Å². The van der Waals surface area contributed by atoms with E-state index in [-0.39, 0.29) is 29.2 Å². The number of carbonyl (C=O) groups is 1. The molecule has 1 aromatic carbocycles. The lowest BCUT2D eigenvalue weighted by Crippen LogP contribution is -2.10. The van der Waals surface area contributed by atoms with E-state index in [1.807, 2.05) is 0 Å². The van der Waals surface area contributed by atoms with Gasteiger partial charge in [0.05, 0.1) is 28.5 Å². The van der Waals surface area contributed by atoms with Crippen LogP contribution < -0.4 is 0 Å². The van der Waals surface area contributed by atoms with Gasteiger partial charge in [-0.05, 0) is 30.3 Å². The minimum absolute atomic E-state index is 0.151. The quantitative estimate of drug-likeness (QED) is 0.622. The molecular weight excluding hydrogens is 315 g/mol. The lowest BCUT2D eigenvalue weighted by atomic mass is 10.1. The van der Waals surface area contributed by atoms with Crippen LogP contribution in [0.5, 0.6) is 0 Å². The van der Waals surface area contributed by atoms with Crippen LogP contribution in [0.1, 0.15) is 18.1 Å². The summed E-state index contributed by atoms with van der Waals surface area (Å²) >= 11 is 5.22. The summed E-state index contributed by atoms with van der Waals surface area (Å²) in [5.74, 6) is -0.616. The first-order valence-corrected chi connectivity index (χ1v) is 6.60. The molecular formula is C12H9ClF3NO2S. The second-order valence-electron chi connectivity index (χ2n) is 3.55. The van der Waals surface area contributed by atoms with Crippen molar-refractivity contribution in [3.8, 4) is 6.07 Å². The Bertz CT molecular complexity index is 555. The molecule has 1 aromatic rings. The number of esters is 1. The summed E-state index contributed by atoms with van der Waals surface area (Å²) < 4.78 is 42.1. The van der Waals surface area contributed by atoms with E-state index in [9.17, 15) is 18.0 Å². The molecule has 0 fully saturated rings. The molecule has 20 heavy (non-hydrogen) atoms. The Morgan fingerprint density at radius 3 is 2.65 bits per heavy atom. The van der Waals surface area contributed by atoms with Crippen molar-refractivity contribution in [1.82, 2.24) is 0 Å². The van der Waals surface area contributed by atoms with Crippen LogP contribution in [0.3, 0.4) is 0 Å². The van der Waals surface area contributed by atoms with E-state index in [2.05, 4.69) is 0 Å². The van der Waals surface area contributed by atoms with Crippen molar-refractivity contribution < 1.29 is 22.7 Å². The standard InChI is InChI=1S/C12H9ClF3NO2S/c1-2-19-10(18)5-7-3-4-9(13)11(8(7)6-17)20-12(14,15)16/h3-4H,2,5H2,1H3. The van der Waals surface area contributed by atoms with E-state index in [1.165, 1.54) is 12.1 Å². The average Bonchev–Trinajstić information content (AvgIpc) is 2.32. The third-order valence-electron chi connectivity index (χ3n) is 2.17. The van der Waals surface area contributed by atoms with Gasteiger partial charge in [-0.3, -0.25) is 4.79 Å². The summed E-state index contributed by atoms with van der Waals surface area (Å²) in [4.78, 5) is 11.0. The van der Waals surface area contributed by atoms with Gasteiger partial charge >= 0.3 is 11.5 Å². The van der Waals surface area contributed by atoms with Crippen LogP contribution in [0.2, 0.25) is 5.02 Å². The first-order valence-electron chi connectivity index (χ1n) is 5.41. The molecule has 1 rings (SSSR count). The van der Waals surface area contributed by atoms with Gasteiger partial charge in [-0.15, -0.1) is 0 Å². The van der Waals surface area contributed by atoms with Crippen molar-refractivity contribution in [2.24, 2.45) is 0 Å². The Labute approximate surface area is 122 Å². The summed E-state index contributed by atoms with van der Waals surface area (Å²) in [7, 11) is 0. The number of benzene rings is 1. The van der Waals surface area contributed by atoms with E-state index < -0.39 is 28.1 Å². The van der Waals surface area contributed by atoms with Crippen LogP contribution in [0.4, 0.5) is 13.2 Å². The van der Waals surface area contributed by atoms with Crippen molar-refractivity contribution in [3.05, 3.63) is 28.3 Å². The number of thioether (sulfide) groups is 1. The molecule has 0 saturated carbocycles. The Morgan fingerprint density at radius 1 is 1.50 bits per heavy atom. The maximum absolute atomic E-state index is 12.5. The molecule has 0 aliphatic heterocycles. The number of carbonyl (C=O) groups excluding carboxylic acids is 1. The highest BCUT2D eigenvalue weighted by Gasteiger charge is 2.32. The molecule has 0 N–H and O–H groups in total. The third kappa shape index (κ3) is 4.62. The predicted octanol–water partition coefficient (Wildman–Crippen LogP) is 3.93. The molecule has 0 heterocycles. The fourth-order valence-corrected chi connectivity index (χ4v) is 2.40. The van der Waals surface area contributed by atoms with Gasteiger partial charge < -0.3 is 4.74 Å². The highest BCUT2D eigenvalue weighted by molar-refractivity contribution is 8.00. The molecule has 0 spiro atoms. The van der Waals surface area contributed by atoms with Crippen LogP contribution in [0, 0.1) is 11.3 Å². The highest BCUT2D eigenvalue weighted by atomic mass is 35.5. The largest absolute Gasteiger partial charge is 0.466 e. The fraction of sp³-hybridized carbons (Fsp3) is 0.333. The summed E-state index contributed by atoms with van der Waals surface area (Å²) in [6.07, 6.45) is -0.278. The van der Waals surface area contributed by atoms with Gasteiger partial charge in [0.1, 0.15) is 6.07 Å². The number of hydrogen-bond acceptors (Lipinski definition) is 4. The van der Waals surface area contributed by atoms with E-state index in [1.54, 1.807) is 13.0 Å². The average molecular weight is 324 g/mol. The number of ether oxygens (including phenoxy) is 1. The lowest BCUT2D eigenvalue weighted by molar-refractivity contribution is -0.142. The van der Waals surface area contributed by atoms with E-state index in [0.717, 1.165) is 0 Å². The van der Waals surface area contributed by atoms with Crippen LogP contribution >= 0.6 is 23.4 Å². The van der Waals surface area contributed by atoms with Crippen molar-refractivity contribution in [3.63, 3.8) is 0 Å². The number of rotatable bonds is 4. The number of alkyl halides is 3. The smallest absolute Gasteiger partial charge is 0.446 e. The first-order chi connectivity index (χ1) is 9.28. The number of nitrogens with zero attached hydrogens (tertiary/aromatic N) is 1. The summed E-state index contributed by atoms with van der Waals surface area (Å²) in [6, 6.07) is 4.23. The van der Waals surface area contributed by atoms with Crippen LogP contribution in [0.25, 0.3) is 0 Å². The summed E-state index contributed by atoms with van der Waals surface area (Å²) in [5, 5.41) is 8.84. The van der Waals surface area contributed by atoms with Crippen molar-refractivity contribution in [2.75, 3.05) is 6.61 Å². The predicted molar refractivity (Wildman–Crippen MR) is 68.4 cm³/mol. The summed E-state index contributed by atoms with van der Waals surface area (Å²) in [6.45, 7) is 1.76. The van der Waals surface area contributed by atoms with E-state index in [0.29, 0.717) is 0 Å². The zero-order valence-electron chi connectivity index (χ0n) is 10.3. The molecule has 0 saturated heterocycles. The number of halogens is 4. The Kier molecular flexibility index (Phi) is 5.72. The first kappa shape index (κ1) is 16.7. The van der Waals surface area contributed by atoms with Crippen molar-refractivity contribution in [1.29, 1.82) is 5.26 Å². The lowest BCUT2D eigenvalue weighted by Gasteiger charge is -2.12. The second-order valence-corrected chi connectivity index (χ2v) is 5.03. The fourth-order valence-electron chi connectivity index (χ4n) is 1.45. The molecule has 0 radical (unpaired) electrons. The van der Waals surface area contributed by atoms with Crippen LogP contribution in [0.15, 0.2) is 17.0 Å². The Hall–Kier alpha value is -1.39. The molecule has 8 heteroatoms. The zero-order chi connectivity index (χ0) is 15.3. The molecule has 0 aliphatic carbocycles. The normalized spacial score (nSPS) is 11.0. The molecule has 108 valence electrons. The zero-order valence-corrected chi connectivity index (χ0v) is 11.8. The van der Waals surface area contributed by atoms with E-state index >= 15 is 0 Å². The van der Waals surface area contributed by atoms with Gasteiger partial charge in [-0.25, -0.2) is 0 Å². The molecule has 0 amide bonds. The maximum atomic E-state index is 12.5. The van der Waals surface area contributed by atoms with Gasteiger partial charge in [0.15, 0.2) is 0 Å². The SMILES string of the molecule is CCOC(=O)Cc1ccc(Cl)c(SC(F)(F)F)c1C#N. The third-order valence-corrected chi connectivity index (χ3v) is 3.45. The summed E-state index contributed by atoms with van der Waals surface area (Å²) in [5.41, 5.74) is -4.67. The van der Waals surface area contributed by atoms with Gasteiger partial charge in [0, 0.05) is 0 Å². The molecule has 0 unspecified atom stereocenters. The highest BCUT2D eigenvalue weighted by Crippen LogP contribution is 2.42. The minimum Gasteiger partial charge on any atom is -0.466 e. The molecule has 0 aromatic heterocycles. The maximum Gasteiger partial charge on any atom is 0.446 e. The van der Waals surface area contributed by atoms with E-state index in [4.69, 9.17) is 21.6 Å². The van der Waals surface area contributed by atoms with Crippen molar-refractivity contribution >= 4 is 29.3 Å². The Balaban J connectivity index is 3.18. The van der Waals surface area contributed by atoms with Gasteiger partial charge in [-0.2, -0.15) is 18.4 Å². The molecule has 0 atom stereocenters. The molecule has 3 nitrogen and oxygen atoms in total. The number of nitriles is 1. The van der Waals surface area contributed by atoms with Gasteiger partial charge in [-0.1, -0.05) is 17.7 Å². The van der Waals surface area contributed by atoms with Crippen LogP contribution in [-0.2, 0) is 16.0 Å². The monoisotopic (exact) mass is 323 g/mol. The number of hydrogen-bond donors (Lipinski definition) is 0. The molecule has 0 bridgehead atoms.